The summed E-state index contributed by atoms with van der Waals surface area (Å²) >= 11 is 5.88. The van der Waals surface area contributed by atoms with Crippen molar-refractivity contribution in [1.82, 2.24) is 14.5 Å². The zero-order chi connectivity index (χ0) is 18.4. The van der Waals surface area contributed by atoms with E-state index in [1.165, 1.54) is 9.21 Å². The standard InChI is InChI=1S/C16H20ClN3O4S/c1-16(9-11-3-5-12(17)6-4-11)14(21)20(15(22)18-16)13-7-8-19(10-13)25(2,23)24/h3-6,13H,7-10H2,1-2H3,(H,18,22). The Morgan fingerprint density at radius 2 is 1.92 bits per heavy atom. The first-order valence-corrected chi connectivity index (χ1v) is 10.2. The highest BCUT2D eigenvalue weighted by Crippen LogP contribution is 2.28. The number of carbonyl (C=O) groups excluding carboxylic acids is 2. The minimum Gasteiger partial charge on any atom is -0.323 e. The van der Waals surface area contributed by atoms with Gasteiger partial charge in [-0.15, -0.1) is 0 Å². The molecule has 0 aliphatic carbocycles. The quantitative estimate of drug-likeness (QED) is 0.789. The van der Waals surface area contributed by atoms with Gasteiger partial charge in [-0.3, -0.25) is 9.69 Å². The zero-order valence-electron chi connectivity index (χ0n) is 14.0. The van der Waals surface area contributed by atoms with Crippen LogP contribution in [0.3, 0.4) is 0 Å². The molecule has 9 heteroatoms. The monoisotopic (exact) mass is 385 g/mol. The van der Waals surface area contributed by atoms with Crippen LogP contribution < -0.4 is 5.32 Å². The van der Waals surface area contributed by atoms with Crippen molar-refractivity contribution in [1.29, 1.82) is 0 Å². The van der Waals surface area contributed by atoms with Gasteiger partial charge in [0, 0.05) is 24.5 Å². The highest BCUT2D eigenvalue weighted by Gasteiger charge is 2.51. The van der Waals surface area contributed by atoms with Crippen LogP contribution in [-0.4, -0.2) is 60.5 Å². The molecule has 2 unspecified atom stereocenters. The molecular formula is C16H20ClN3O4S. The normalized spacial score (nSPS) is 27.8. The number of halogens is 1. The lowest BCUT2D eigenvalue weighted by atomic mass is 9.92. The van der Waals surface area contributed by atoms with Gasteiger partial charge in [0.25, 0.3) is 5.91 Å². The topological polar surface area (TPSA) is 86.8 Å². The van der Waals surface area contributed by atoms with E-state index in [1.54, 1.807) is 19.1 Å². The van der Waals surface area contributed by atoms with Crippen molar-refractivity contribution in [3.05, 3.63) is 34.9 Å². The molecule has 0 radical (unpaired) electrons. The maximum absolute atomic E-state index is 12.9. The van der Waals surface area contributed by atoms with Gasteiger partial charge in [0.05, 0.1) is 12.3 Å². The number of rotatable bonds is 4. The van der Waals surface area contributed by atoms with Crippen molar-refractivity contribution in [2.24, 2.45) is 0 Å². The Balaban J connectivity index is 1.77. The van der Waals surface area contributed by atoms with Crippen molar-refractivity contribution < 1.29 is 18.0 Å². The molecule has 1 N–H and O–H groups in total. The van der Waals surface area contributed by atoms with Crippen LogP contribution in [0.1, 0.15) is 18.9 Å². The van der Waals surface area contributed by atoms with Gasteiger partial charge in [-0.25, -0.2) is 17.5 Å². The van der Waals surface area contributed by atoms with Crippen molar-refractivity contribution in [3.63, 3.8) is 0 Å². The average Bonchev–Trinajstić information content (AvgIpc) is 3.06. The Morgan fingerprint density at radius 1 is 1.28 bits per heavy atom. The van der Waals surface area contributed by atoms with Gasteiger partial charge in [0.1, 0.15) is 5.54 Å². The lowest BCUT2D eigenvalue weighted by Crippen LogP contribution is -2.47. The fourth-order valence-electron chi connectivity index (χ4n) is 3.39. The molecule has 0 saturated carbocycles. The van der Waals surface area contributed by atoms with Crippen LogP contribution in [0, 0.1) is 0 Å². The minimum atomic E-state index is -3.33. The molecule has 2 aliphatic rings. The largest absolute Gasteiger partial charge is 0.325 e. The summed E-state index contributed by atoms with van der Waals surface area (Å²) in [6, 6.07) is 6.20. The fraction of sp³-hybridized carbons (Fsp3) is 0.500. The van der Waals surface area contributed by atoms with Crippen LogP contribution in [0.5, 0.6) is 0 Å². The summed E-state index contributed by atoms with van der Waals surface area (Å²) in [5.74, 6) is -0.326. The molecule has 25 heavy (non-hydrogen) atoms. The van der Waals surface area contributed by atoms with E-state index in [4.69, 9.17) is 11.6 Å². The SMILES string of the molecule is CC1(Cc2ccc(Cl)cc2)NC(=O)N(C2CCN(S(C)(=O)=O)C2)C1=O. The number of nitrogens with zero attached hydrogens (tertiary/aromatic N) is 2. The van der Waals surface area contributed by atoms with Crippen LogP contribution >= 0.6 is 11.6 Å². The van der Waals surface area contributed by atoms with E-state index in [0.29, 0.717) is 24.4 Å². The Bertz CT molecular complexity index is 811. The minimum absolute atomic E-state index is 0.148. The maximum atomic E-state index is 12.9. The Labute approximate surface area is 152 Å². The summed E-state index contributed by atoms with van der Waals surface area (Å²) in [5.41, 5.74) is -0.171. The molecule has 0 spiro atoms. The number of urea groups is 1. The Hall–Kier alpha value is -1.64. The molecule has 0 aromatic heterocycles. The van der Waals surface area contributed by atoms with Gasteiger partial charge in [-0.2, -0.15) is 0 Å². The van der Waals surface area contributed by atoms with Crippen molar-refractivity contribution in [2.45, 2.75) is 31.3 Å². The number of imide groups is 1. The van der Waals surface area contributed by atoms with Crippen LogP contribution in [0.2, 0.25) is 5.02 Å². The molecule has 136 valence electrons. The highest BCUT2D eigenvalue weighted by molar-refractivity contribution is 7.88. The Morgan fingerprint density at radius 3 is 2.48 bits per heavy atom. The second-order valence-electron chi connectivity index (χ2n) is 6.80. The van der Waals surface area contributed by atoms with E-state index in [-0.39, 0.29) is 12.5 Å². The van der Waals surface area contributed by atoms with Gasteiger partial charge in [0.15, 0.2) is 0 Å². The zero-order valence-corrected chi connectivity index (χ0v) is 15.6. The molecule has 3 rings (SSSR count). The van der Waals surface area contributed by atoms with E-state index in [2.05, 4.69) is 5.32 Å². The molecule has 2 saturated heterocycles. The second-order valence-corrected chi connectivity index (χ2v) is 9.22. The van der Waals surface area contributed by atoms with Crippen molar-refractivity contribution in [2.75, 3.05) is 19.3 Å². The number of amides is 3. The van der Waals surface area contributed by atoms with Gasteiger partial charge >= 0.3 is 6.03 Å². The van der Waals surface area contributed by atoms with E-state index in [9.17, 15) is 18.0 Å². The Kier molecular flexibility index (Phi) is 4.55. The average molecular weight is 386 g/mol. The number of benzene rings is 1. The van der Waals surface area contributed by atoms with E-state index in [0.717, 1.165) is 11.8 Å². The lowest BCUT2D eigenvalue weighted by Gasteiger charge is -2.24. The summed E-state index contributed by atoms with van der Waals surface area (Å²) in [4.78, 5) is 26.5. The summed E-state index contributed by atoms with van der Waals surface area (Å²) in [7, 11) is -3.33. The first kappa shape index (κ1) is 18.2. The number of nitrogens with one attached hydrogen (secondary N) is 1. The maximum Gasteiger partial charge on any atom is 0.325 e. The third-order valence-electron chi connectivity index (χ3n) is 4.72. The van der Waals surface area contributed by atoms with Crippen LogP contribution in [-0.2, 0) is 21.2 Å². The van der Waals surface area contributed by atoms with Crippen molar-refractivity contribution in [3.8, 4) is 0 Å². The number of carbonyl (C=O) groups is 2. The number of hydrogen-bond donors (Lipinski definition) is 1. The highest BCUT2D eigenvalue weighted by atomic mass is 35.5. The molecule has 0 bridgehead atoms. The third-order valence-corrected chi connectivity index (χ3v) is 6.25. The predicted octanol–water partition coefficient (Wildman–Crippen LogP) is 1.23. The van der Waals surface area contributed by atoms with E-state index in [1.807, 2.05) is 12.1 Å². The molecule has 1 aromatic rings. The number of hydrogen-bond acceptors (Lipinski definition) is 4. The summed E-state index contributed by atoms with van der Waals surface area (Å²) in [6.45, 7) is 2.15. The molecule has 2 atom stereocenters. The summed E-state index contributed by atoms with van der Waals surface area (Å²) in [6.07, 6.45) is 1.92. The molecule has 2 heterocycles. The van der Waals surface area contributed by atoms with Crippen LogP contribution in [0.4, 0.5) is 4.79 Å². The first-order chi connectivity index (χ1) is 11.6. The van der Waals surface area contributed by atoms with E-state index < -0.39 is 27.6 Å². The van der Waals surface area contributed by atoms with Crippen molar-refractivity contribution >= 4 is 33.6 Å². The van der Waals surface area contributed by atoms with E-state index >= 15 is 0 Å². The summed E-state index contributed by atoms with van der Waals surface area (Å²) < 4.78 is 24.6. The van der Waals surface area contributed by atoms with Gasteiger partial charge < -0.3 is 5.32 Å². The van der Waals surface area contributed by atoms with Crippen LogP contribution in [0.25, 0.3) is 0 Å². The van der Waals surface area contributed by atoms with Gasteiger partial charge in [-0.05, 0) is 31.0 Å². The smallest absolute Gasteiger partial charge is 0.323 e. The molecule has 3 amide bonds. The third kappa shape index (κ3) is 3.51. The molecule has 2 aliphatic heterocycles. The predicted molar refractivity (Wildman–Crippen MR) is 93.8 cm³/mol. The summed E-state index contributed by atoms with van der Waals surface area (Å²) in [5, 5.41) is 3.36. The second kappa shape index (κ2) is 6.26. The number of sulfonamides is 1. The molecule has 7 nitrogen and oxygen atoms in total. The molecular weight excluding hydrogens is 366 g/mol. The fourth-order valence-corrected chi connectivity index (χ4v) is 4.40. The molecule has 1 aromatic carbocycles. The first-order valence-electron chi connectivity index (χ1n) is 7.95. The van der Waals surface area contributed by atoms with Gasteiger partial charge in [0.2, 0.25) is 10.0 Å². The van der Waals surface area contributed by atoms with Crippen LogP contribution in [0.15, 0.2) is 24.3 Å². The lowest BCUT2D eigenvalue weighted by molar-refractivity contribution is -0.132. The molecule has 2 fully saturated rings. The van der Waals surface area contributed by atoms with Gasteiger partial charge in [-0.1, -0.05) is 23.7 Å².